The SMILES string of the molecule is COc1ccc(-c2nnc(NC(=O)C(C)N(c3cc(Cl)ccc3Cl)S(C)(=O)=O)s2)cc1. The van der Waals surface area contributed by atoms with Crippen LogP contribution in [0.1, 0.15) is 6.92 Å². The Balaban J connectivity index is 1.83. The Morgan fingerprint density at radius 2 is 1.84 bits per heavy atom. The fourth-order valence-corrected chi connectivity index (χ4v) is 5.13. The van der Waals surface area contributed by atoms with Crippen LogP contribution < -0.4 is 14.4 Å². The molecule has 3 aromatic rings. The molecule has 164 valence electrons. The van der Waals surface area contributed by atoms with Gasteiger partial charge in [-0.2, -0.15) is 0 Å². The minimum Gasteiger partial charge on any atom is -0.497 e. The molecule has 0 aliphatic heterocycles. The van der Waals surface area contributed by atoms with E-state index in [-0.39, 0.29) is 20.9 Å². The highest BCUT2D eigenvalue weighted by Gasteiger charge is 2.31. The second-order valence-electron chi connectivity index (χ2n) is 6.46. The zero-order chi connectivity index (χ0) is 22.8. The Morgan fingerprint density at radius 3 is 2.45 bits per heavy atom. The largest absolute Gasteiger partial charge is 0.497 e. The molecular formula is C19H18Cl2N4O4S2. The minimum atomic E-state index is -3.85. The zero-order valence-corrected chi connectivity index (χ0v) is 19.8. The highest BCUT2D eigenvalue weighted by molar-refractivity contribution is 7.92. The van der Waals surface area contributed by atoms with Gasteiger partial charge < -0.3 is 4.74 Å². The standard InChI is InChI=1S/C19H18Cl2N4O4S2/c1-11(25(31(3,27)28)16-10-13(20)6-9-15(16)21)17(26)22-19-24-23-18(30-19)12-4-7-14(29-2)8-5-12/h4-11H,1-3H3,(H,22,24,26). The van der Waals surface area contributed by atoms with Gasteiger partial charge in [-0.15, -0.1) is 10.2 Å². The van der Waals surface area contributed by atoms with Gasteiger partial charge >= 0.3 is 0 Å². The summed E-state index contributed by atoms with van der Waals surface area (Å²) in [5.74, 6) is 0.107. The smallest absolute Gasteiger partial charge is 0.249 e. The topological polar surface area (TPSA) is 101 Å². The van der Waals surface area contributed by atoms with Crippen molar-refractivity contribution >= 4 is 61.3 Å². The molecule has 2 aromatic carbocycles. The van der Waals surface area contributed by atoms with Gasteiger partial charge in [0.15, 0.2) is 0 Å². The van der Waals surface area contributed by atoms with Gasteiger partial charge in [-0.3, -0.25) is 14.4 Å². The fraction of sp³-hybridized carbons (Fsp3) is 0.211. The summed E-state index contributed by atoms with van der Waals surface area (Å²) in [6.45, 7) is 1.44. The maximum Gasteiger partial charge on any atom is 0.249 e. The van der Waals surface area contributed by atoms with Crippen molar-refractivity contribution in [1.29, 1.82) is 0 Å². The first kappa shape index (κ1) is 23.3. The number of aromatic nitrogens is 2. The van der Waals surface area contributed by atoms with E-state index in [9.17, 15) is 13.2 Å². The van der Waals surface area contributed by atoms with Crippen molar-refractivity contribution in [3.63, 3.8) is 0 Å². The lowest BCUT2D eigenvalue weighted by molar-refractivity contribution is -0.116. The molecule has 0 saturated heterocycles. The fourth-order valence-electron chi connectivity index (χ4n) is 2.77. The lowest BCUT2D eigenvalue weighted by Crippen LogP contribution is -2.45. The van der Waals surface area contributed by atoms with Gasteiger partial charge in [0, 0.05) is 10.6 Å². The molecule has 1 amide bonds. The minimum absolute atomic E-state index is 0.107. The molecule has 8 nitrogen and oxygen atoms in total. The average molecular weight is 501 g/mol. The quantitative estimate of drug-likeness (QED) is 0.518. The monoisotopic (exact) mass is 500 g/mol. The molecule has 0 spiro atoms. The van der Waals surface area contributed by atoms with E-state index < -0.39 is 22.0 Å². The van der Waals surface area contributed by atoms with E-state index in [0.717, 1.165) is 27.5 Å². The van der Waals surface area contributed by atoms with E-state index in [1.54, 1.807) is 19.2 Å². The third kappa shape index (κ3) is 5.45. The maximum atomic E-state index is 12.8. The molecule has 1 heterocycles. The number of ether oxygens (including phenoxy) is 1. The van der Waals surface area contributed by atoms with Crippen LogP contribution in [0.2, 0.25) is 10.0 Å². The Hall–Kier alpha value is -2.40. The van der Waals surface area contributed by atoms with Crippen molar-refractivity contribution in [2.24, 2.45) is 0 Å². The van der Waals surface area contributed by atoms with E-state index in [0.29, 0.717) is 10.8 Å². The molecule has 31 heavy (non-hydrogen) atoms. The van der Waals surface area contributed by atoms with E-state index in [1.807, 2.05) is 12.1 Å². The van der Waals surface area contributed by atoms with Crippen LogP contribution in [-0.2, 0) is 14.8 Å². The number of anilines is 2. The van der Waals surface area contributed by atoms with Gasteiger partial charge in [0.1, 0.15) is 16.8 Å². The highest BCUT2D eigenvalue weighted by Crippen LogP contribution is 2.33. The predicted molar refractivity (Wildman–Crippen MR) is 124 cm³/mol. The average Bonchev–Trinajstić information content (AvgIpc) is 3.18. The molecule has 12 heteroatoms. The number of carbonyl (C=O) groups excluding carboxylic acids is 1. The second kappa shape index (κ2) is 9.39. The van der Waals surface area contributed by atoms with Crippen LogP contribution in [-0.4, -0.2) is 43.9 Å². The molecule has 1 aromatic heterocycles. The van der Waals surface area contributed by atoms with Crippen LogP contribution in [0.25, 0.3) is 10.6 Å². The number of nitrogens with zero attached hydrogens (tertiary/aromatic N) is 3. The number of methoxy groups -OCH3 is 1. The molecule has 0 radical (unpaired) electrons. The van der Waals surface area contributed by atoms with Gasteiger partial charge in [-0.25, -0.2) is 8.42 Å². The normalized spacial score (nSPS) is 12.3. The van der Waals surface area contributed by atoms with Crippen LogP contribution in [0.5, 0.6) is 5.75 Å². The number of sulfonamides is 1. The number of amides is 1. The van der Waals surface area contributed by atoms with Crippen LogP contribution >= 0.6 is 34.5 Å². The van der Waals surface area contributed by atoms with Gasteiger partial charge in [-0.1, -0.05) is 34.5 Å². The number of carbonyl (C=O) groups is 1. The van der Waals surface area contributed by atoms with Crippen LogP contribution in [0.3, 0.4) is 0 Å². The van der Waals surface area contributed by atoms with Crippen molar-refractivity contribution in [2.45, 2.75) is 13.0 Å². The van der Waals surface area contributed by atoms with E-state index >= 15 is 0 Å². The lowest BCUT2D eigenvalue weighted by Gasteiger charge is -2.28. The zero-order valence-electron chi connectivity index (χ0n) is 16.7. The van der Waals surface area contributed by atoms with Crippen molar-refractivity contribution in [3.8, 4) is 16.3 Å². The van der Waals surface area contributed by atoms with Crippen molar-refractivity contribution in [2.75, 3.05) is 23.0 Å². The maximum absolute atomic E-state index is 12.8. The first-order valence-electron chi connectivity index (χ1n) is 8.83. The summed E-state index contributed by atoms with van der Waals surface area (Å²) < 4.78 is 30.9. The third-order valence-corrected chi connectivity index (χ3v) is 6.90. The molecule has 1 unspecified atom stereocenters. The third-order valence-electron chi connectivity index (χ3n) is 4.23. The summed E-state index contributed by atoms with van der Waals surface area (Å²) in [6, 6.07) is 10.5. The van der Waals surface area contributed by atoms with Crippen molar-refractivity contribution in [3.05, 3.63) is 52.5 Å². The van der Waals surface area contributed by atoms with Crippen molar-refractivity contribution < 1.29 is 17.9 Å². The molecule has 0 bridgehead atoms. The summed E-state index contributed by atoms with van der Waals surface area (Å²) in [7, 11) is -2.28. The highest BCUT2D eigenvalue weighted by atomic mass is 35.5. The molecule has 0 saturated carbocycles. The summed E-state index contributed by atoms with van der Waals surface area (Å²) >= 11 is 13.3. The molecule has 0 fully saturated rings. The van der Waals surface area contributed by atoms with E-state index in [1.165, 1.54) is 25.1 Å². The molecule has 1 N–H and O–H groups in total. The Labute approximate surface area is 193 Å². The molecule has 1 atom stereocenters. The first-order valence-corrected chi connectivity index (χ1v) is 12.3. The van der Waals surface area contributed by atoms with Crippen LogP contribution in [0.4, 0.5) is 10.8 Å². The predicted octanol–water partition coefficient (Wildman–Crippen LogP) is 4.31. The number of hydrogen-bond donors (Lipinski definition) is 1. The summed E-state index contributed by atoms with van der Waals surface area (Å²) in [5, 5.41) is 11.9. The van der Waals surface area contributed by atoms with E-state index in [2.05, 4.69) is 15.5 Å². The van der Waals surface area contributed by atoms with E-state index in [4.69, 9.17) is 27.9 Å². The number of hydrogen-bond acceptors (Lipinski definition) is 7. The lowest BCUT2D eigenvalue weighted by atomic mass is 10.2. The first-order chi connectivity index (χ1) is 14.6. The van der Waals surface area contributed by atoms with Gasteiger partial charge in [0.25, 0.3) is 0 Å². The van der Waals surface area contributed by atoms with Gasteiger partial charge in [0.2, 0.25) is 21.1 Å². The molecular weight excluding hydrogens is 483 g/mol. The number of rotatable bonds is 7. The molecule has 0 aliphatic carbocycles. The Kier molecular flexibility index (Phi) is 7.05. The number of nitrogens with one attached hydrogen (secondary N) is 1. The van der Waals surface area contributed by atoms with Gasteiger partial charge in [-0.05, 0) is 49.4 Å². The second-order valence-corrected chi connectivity index (χ2v) is 10.1. The molecule has 3 rings (SSSR count). The number of benzene rings is 2. The summed E-state index contributed by atoms with van der Waals surface area (Å²) in [5.41, 5.74) is 0.908. The summed E-state index contributed by atoms with van der Waals surface area (Å²) in [6.07, 6.45) is 0.987. The van der Waals surface area contributed by atoms with Crippen molar-refractivity contribution in [1.82, 2.24) is 10.2 Å². The summed E-state index contributed by atoms with van der Waals surface area (Å²) in [4.78, 5) is 12.8. The Bertz CT molecular complexity index is 1200. The number of halogens is 2. The molecule has 0 aliphatic rings. The van der Waals surface area contributed by atoms with Crippen LogP contribution in [0.15, 0.2) is 42.5 Å². The van der Waals surface area contributed by atoms with Gasteiger partial charge in [0.05, 0.1) is 24.1 Å². The van der Waals surface area contributed by atoms with Crippen LogP contribution in [0, 0.1) is 0 Å². The Morgan fingerprint density at radius 1 is 1.16 bits per heavy atom.